The summed E-state index contributed by atoms with van der Waals surface area (Å²) >= 11 is 0. The second-order valence-corrected chi connectivity index (χ2v) is 4.61. The van der Waals surface area contributed by atoms with Crippen molar-refractivity contribution < 1.29 is 13.9 Å². The molecule has 0 saturated heterocycles. The summed E-state index contributed by atoms with van der Waals surface area (Å²) in [5.74, 6) is 0.290. The Balaban J connectivity index is 1.92. The minimum absolute atomic E-state index is 0.146. The standard InChI is InChI=1S/C16H17FN2O2/c1-19(14-7-3-12(17)4-8-14)11-16(20)18-13-5-9-15(21-2)10-6-13/h3-10H,11H2,1-2H3,(H,18,20). The van der Waals surface area contributed by atoms with Crippen LogP contribution >= 0.6 is 0 Å². The summed E-state index contributed by atoms with van der Waals surface area (Å²) < 4.78 is 17.9. The van der Waals surface area contributed by atoms with Gasteiger partial charge in [0.15, 0.2) is 0 Å². The van der Waals surface area contributed by atoms with Crippen LogP contribution in [0.2, 0.25) is 0 Å². The average molecular weight is 288 g/mol. The first-order valence-electron chi connectivity index (χ1n) is 6.49. The molecule has 0 fully saturated rings. The molecule has 0 radical (unpaired) electrons. The van der Waals surface area contributed by atoms with Gasteiger partial charge in [0.05, 0.1) is 13.7 Å². The van der Waals surface area contributed by atoms with Crippen LogP contribution < -0.4 is 15.0 Å². The van der Waals surface area contributed by atoms with E-state index in [9.17, 15) is 9.18 Å². The predicted molar refractivity (Wildman–Crippen MR) is 81.3 cm³/mol. The number of halogens is 1. The summed E-state index contributed by atoms with van der Waals surface area (Å²) in [5, 5.41) is 2.80. The fourth-order valence-corrected chi connectivity index (χ4v) is 1.88. The van der Waals surface area contributed by atoms with Crippen LogP contribution in [0.15, 0.2) is 48.5 Å². The highest BCUT2D eigenvalue weighted by atomic mass is 19.1. The van der Waals surface area contributed by atoms with E-state index >= 15 is 0 Å². The molecule has 4 nitrogen and oxygen atoms in total. The third-order valence-electron chi connectivity index (χ3n) is 3.02. The molecule has 0 saturated carbocycles. The average Bonchev–Trinajstić information content (AvgIpc) is 2.48. The maximum absolute atomic E-state index is 12.9. The zero-order valence-electron chi connectivity index (χ0n) is 12.0. The van der Waals surface area contributed by atoms with E-state index < -0.39 is 0 Å². The molecular formula is C16H17FN2O2. The summed E-state index contributed by atoms with van der Waals surface area (Å²) in [7, 11) is 3.37. The Bertz CT molecular complexity index is 597. The number of nitrogens with one attached hydrogen (secondary N) is 1. The Morgan fingerprint density at radius 3 is 2.33 bits per heavy atom. The Labute approximate surface area is 123 Å². The Hall–Kier alpha value is -2.56. The number of amides is 1. The Morgan fingerprint density at radius 2 is 1.76 bits per heavy atom. The Morgan fingerprint density at radius 1 is 1.14 bits per heavy atom. The van der Waals surface area contributed by atoms with Gasteiger partial charge in [0.25, 0.3) is 0 Å². The van der Waals surface area contributed by atoms with Crippen LogP contribution in [0.3, 0.4) is 0 Å². The number of hydrogen-bond donors (Lipinski definition) is 1. The second kappa shape index (κ2) is 6.74. The van der Waals surface area contributed by atoms with Gasteiger partial charge in [-0.15, -0.1) is 0 Å². The van der Waals surface area contributed by atoms with E-state index in [4.69, 9.17) is 4.74 Å². The molecule has 5 heteroatoms. The van der Waals surface area contributed by atoms with E-state index in [-0.39, 0.29) is 18.3 Å². The van der Waals surface area contributed by atoms with Crippen molar-refractivity contribution >= 4 is 17.3 Å². The van der Waals surface area contributed by atoms with E-state index in [2.05, 4.69) is 5.32 Å². The SMILES string of the molecule is COc1ccc(NC(=O)CN(C)c2ccc(F)cc2)cc1. The summed E-state index contributed by atoms with van der Waals surface area (Å²) in [6.45, 7) is 0.178. The van der Waals surface area contributed by atoms with E-state index in [0.29, 0.717) is 5.69 Å². The molecule has 21 heavy (non-hydrogen) atoms. The maximum Gasteiger partial charge on any atom is 0.243 e. The summed E-state index contributed by atoms with van der Waals surface area (Å²) in [6, 6.07) is 13.1. The predicted octanol–water partition coefficient (Wildman–Crippen LogP) is 2.91. The number of nitrogens with zero attached hydrogens (tertiary/aromatic N) is 1. The Kier molecular flexibility index (Phi) is 4.77. The zero-order valence-corrected chi connectivity index (χ0v) is 12.0. The van der Waals surface area contributed by atoms with Gasteiger partial charge in [-0.25, -0.2) is 4.39 Å². The molecule has 0 spiro atoms. The van der Waals surface area contributed by atoms with Gasteiger partial charge in [-0.3, -0.25) is 4.79 Å². The molecule has 0 atom stereocenters. The lowest BCUT2D eigenvalue weighted by molar-refractivity contribution is -0.114. The van der Waals surface area contributed by atoms with Crippen molar-refractivity contribution in [3.8, 4) is 5.75 Å². The number of carbonyl (C=O) groups is 1. The normalized spacial score (nSPS) is 10.0. The lowest BCUT2D eigenvalue weighted by Gasteiger charge is -2.18. The number of carbonyl (C=O) groups excluding carboxylic acids is 1. The van der Waals surface area contributed by atoms with Crippen molar-refractivity contribution in [3.63, 3.8) is 0 Å². The number of rotatable bonds is 5. The zero-order chi connectivity index (χ0) is 15.2. The highest BCUT2D eigenvalue weighted by molar-refractivity contribution is 5.94. The number of hydrogen-bond acceptors (Lipinski definition) is 3. The topological polar surface area (TPSA) is 41.6 Å². The van der Waals surface area contributed by atoms with Gasteiger partial charge >= 0.3 is 0 Å². The number of methoxy groups -OCH3 is 1. The summed E-state index contributed by atoms with van der Waals surface area (Å²) in [4.78, 5) is 13.7. The largest absolute Gasteiger partial charge is 0.497 e. The molecule has 2 aromatic rings. The fraction of sp³-hybridized carbons (Fsp3) is 0.188. The number of anilines is 2. The van der Waals surface area contributed by atoms with Crippen LogP contribution in [-0.2, 0) is 4.79 Å². The van der Waals surface area contributed by atoms with Gasteiger partial charge in [0.2, 0.25) is 5.91 Å². The van der Waals surface area contributed by atoms with Gasteiger partial charge in [-0.1, -0.05) is 0 Å². The van der Waals surface area contributed by atoms with Crippen LogP contribution in [0.5, 0.6) is 5.75 Å². The van der Waals surface area contributed by atoms with E-state index in [1.807, 2.05) is 0 Å². The van der Waals surface area contributed by atoms with Crippen molar-refractivity contribution in [3.05, 3.63) is 54.3 Å². The minimum atomic E-state index is -0.296. The van der Waals surface area contributed by atoms with E-state index in [1.165, 1.54) is 12.1 Å². The fourth-order valence-electron chi connectivity index (χ4n) is 1.88. The van der Waals surface area contributed by atoms with Crippen molar-refractivity contribution in [2.75, 3.05) is 30.9 Å². The van der Waals surface area contributed by atoms with Crippen molar-refractivity contribution in [1.82, 2.24) is 0 Å². The molecule has 1 amide bonds. The van der Waals surface area contributed by atoms with Crippen LogP contribution in [0.1, 0.15) is 0 Å². The lowest BCUT2D eigenvalue weighted by Crippen LogP contribution is -2.30. The van der Waals surface area contributed by atoms with E-state index in [0.717, 1.165) is 11.4 Å². The molecule has 1 N–H and O–H groups in total. The molecule has 0 aromatic heterocycles. The van der Waals surface area contributed by atoms with Gasteiger partial charge in [0, 0.05) is 18.4 Å². The molecule has 110 valence electrons. The molecule has 0 bridgehead atoms. The highest BCUT2D eigenvalue weighted by Crippen LogP contribution is 2.16. The second-order valence-electron chi connectivity index (χ2n) is 4.61. The highest BCUT2D eigenvalue weighted by Gasteiger charge is 2.08. The van der Waals surface area contributed by atoms with Gasteiger partial charge in [-0.05, 0) is 48.5 Å². The van der Waals surface area contributed by atoms with Gasteiger partial charge in [-0.2, -0.15) is 0 Å². The third-order valence-corrected chi connectivity index (χ3v) is 3.02. The van der Waals surface area contributed by atoms with Gasteiger partial charge < -0.3 is 15.0 Å². The van der Waals surface area contributed by atoms with Crippen LogP contribution in [0, 0.1) is 5.82 Å². The number of ether oxygens (including phenoxy) is 1. The van der Waals surface area contributed by atoms with Crippen molar-refractivity contribution in [2.45, 2.75) is 0 Å². The smallest absolute Gasteiger partial charge is 0.243 e. The first-order chi connectivity index (χ1) is 10.1. The molecule has 0 unspecified atom stereocenters. The number of benzene rings is 2. The monoisotopic (exact) mass is 288 g/mol. The van der Waals surface area contributed by atoms with Crippen LogP contribution in [0.25, 0.3) is 0 Å². The first-order valence-corrected chi connectivity index (χ1v) is 6.49. The molecule has 0 heterocycles. The molecule has 0 aliphatic carbocycles. The number of likely N-dealkylation sites (N-methyl/N-ethyl adjacent to an activating group) is 1. The molecular weight excluding hydrogens is 271 g/mol. The molecule has 0 aliphatic rings. The summed E-state index contributed by atoms with van der Waals surface area (Å²) in [6.07, 6.45) is 0. The molecule has 2 rings (SSSR count). The molecule has 2 aromatic carbocycles. The quantitative estimate of drug-likeness (QED) is 0.919. The minimum Gasteiger partial charge on any atom is -0.497 e. The lowest BCUT2D eigenvalue weighted by atomic mass is 10.3. The van der Waals surface area contributed by atoms with Gasteiger partial charge in [0.1, 0.15) is 11.6 Å². The third kappa shape index (κ3) is 4.21. The molecule has 0 aliphatic heterocycles. The first kappa shape index (κ1) is 14.8. The van der Waals surface area contributed by atoms with E-state index in [1.54, 1.807) is 55.5 Å². The van der Waals surface area contributed by atoms with Crippen molar-refractivity contribution in [1.29, 1.82) is 0 Å². The van der Waals surface area contributed by atoms with Crippen LogP contribution in [0.4, 0.5) is 15.8 Å². The van der Waals surface area contributed by atoms with Crippen molar-refractivity contribution in [2.24, 2.45) is 0 Å². The maximum atomic E-state index is 12.9. The van der Waals surface area contributed by atoms with Crippen LogP contribution in [-0.4, -0.2) is 26.6 Å². The summed E-state index contributed by atoms with van der Waals surface area (Å²) in [5.41, 5.74) is 1.48.